The third-order valence-electron chi connectivity index (χ3n) is 3.03. The van der Waals surface area contributed by atoms with E-state index in [1.165, 1.54) is 18.4 Å². The Hall–Kier alpha value is -1.02. The van der Waals surface area contributed by atoms with Gasteiger partial charge in [-0.05, 0) is 43.9 Å². The van der Waals surface area contributed by atoms with Gasteiger partial charge in [0.05, 0.1) is 0 Å². The molecule has 1 fully saturated rings. The number of ether oxygens (including phenoxy) is 1. The van der Waals surface area contributed by atoms with E-state index in [9.17, 15) is 0 Å². The van der Waals surface area contributed by atoms with Crippen LogP contribution in [0.5, 0.6) is 5.75 Å². The van der Waals surface area contributed by atoms with Crippen LogP contribution in [0.2, 0.25) is 0 Å². The lowest BCUT2D eigenvalue weighted by molar-refractivity contribution is 0.132. The van der Waals surface area contributed by atoms with Crippen LogP contribution in [0.15, 0.2) is 24.3 Å². The minimum absolute atomic E-state index is 0.208. The standard InChI is InChI=1S/C13H19NO/c1-10-5-4-6-11(9-10)15-13-8-3-2-7-12(13)14/h4-6,9,12-13H,2-3,7-8,14H2,1H3. The molecular formula is C13H19NO. The van der Waals surface area contributed by atoms with Crippen molar-refractivity contribution in [2.75, 3.05) is 0 Å². The van der Waals surface area contributed by atoms with Crippen LogP contribution < -0.4 is 10.5 Å². The Bertz CT molecular complexity index is 324. The van der Waals surface area contributed by atoms with Crippen LogP contribution in [0.4, 0.5) is 0 Å². The van der Waals surface area contributed by atoms with E-state index in [0.717, 1.165) is 18.6 Å². The fourth-order valence-electron chi connectivity index (χ4n) is 2.14. The molecule has 1 aromatic rings. The summed E-state index contributed by atoms with van der Waals surface area (Å²) >= 11 is 0. The summed E-state index contributed by atoms with van der Waals surface area (Å²) in [4.78, 5) is 0. The third-order valence-corrected chi connectivity index (χ3v) is 3.03. The van der Waals surface area contributed by atoms with E-state index in [-0.39, 0.29) is 12.1 Å². The number of hydrogen-bond donors (Lipinski definition) is 1. The number of aryl methyl sites for hydroxylation is 1. The molecular weight excluding hydrogens is 186 g/mol. The SMILES string of the molecule is Cc1cccc(OC2CCCCC2N)c1. The summed E-state index contributed by atoms with van der Waals surface area (Å²) in [6.07, 6.45) is 4.88. The average molecular weight is 205 g/mol. The lowest BCUT2D eigenvalue weighted by Crippen LogP contribution is -2.41. The third kappa shape index (κ3) is 2.72. The Morgan fingerprint density at radius 2 is 2.07 bits per heavy atom. The average Bonchev–Trinajstić information content (AvgIpc) is 2.22. The van der Waals surface area contributed by atoms with Gasteiger partial charge in [0.1, 0.15) is 11.9 Å². The van der Waals surface area contributed by atoms with Crippen molar-refractivity contribution in [1.29, 1.82) is 0 Å². The van der Waals surface area contributed by atoms with Crippen LogP contribution in [0.25, 0.3) is 0 Å². The topological polar surface area (TPSA) is 35.2 Å². The van der Waals surface area contributed by atoms with Crippen LogP contribution in [-0.4, -0.2) is 12.1 Å². The van der Waals surface area contributed by atoms with Crippen molar-refractivity contribution in [2.24, 2.45) is 5.73 Å². The normalized spacial score (nSPS) is 26.3. The van der Waals surface area contributed by atoms with Gasteiger partial charge in [0, 0.05) is 6.04 Å². The zero-order chi connectivity index (χ0) is 10.7. The first-order valence-corrected chi connectivity index (χ1v) is 5.74. The van der Waals surface area contributed by atoms with Crippen molar-refractivity contribution in [3.05, 3.63) is 29.8 Å². The van der Waals surface area contributed by atoms with Gasteiger partial charge in [0.25, 0.3) is 0 Å². The monoisotopic (exact) mass is 205 g/mol. The first kappa shape index (κ1) is 10.5. The van der Waals surface area contributed by atoms with Gasteiger partial charge in [-0.1, -0.05) is 18.6 Å². The molecule has 1 aromatic carbocycles. The molecule has 1 aliphatic carbocycles. The van der Waals surface area contributed by atoms with Gasteiger partial charge in [-0.3, -0.25) is 0 Å². The lowest BCUT2D eigenvalue weighted by Gasteiger charge is -2.29. The highest BCUT2D eigenvalue weighted by Crippen LogP contribution is 2.23. The molecule has 2 unspecified atom stereocenters. The predicted octanol–water partition coefficient (Wildman–Crippen LogP) is 2.64. The molecule has 1 saturated carbocycles. The molecule has 0 saturated heterocycles. The van der Waals surface area contributed by atoms with Gasteiger partial charge in [0.2, 0.25) is 0 Å². The summed E-state index contributed by atoms with van der Waals surface area (Å²) in [5.41, 5.74) is 7.27. The maximum Gasteiger partial charge on any atom is 0.120 e. The van der Waals surface area contributed by atoms with E-state index < -0.39 is 0 Å². The molecule has 0 spiro atoms. The summed E-state index contributed by atoms with van der Waals surface area (Å²) in [5.74, 6) is 0.956. The molecule has 0 heterocycles. The Balaban J connectivity index is 2.01. The van der Waals surface area contributed by atoms with E-state index in [4.69, 9.17) is 10.5 Å². The zero-order valence-corrected chi connectivity index (χ0v) is 9.28. The Morgan fingerprint density at radius 3 is 2.80 bits per heavy atom. The fourth-order valence-corrected chi connectivity index (χ4v) is 2.14. The molecule has 2 rings (SSSR count). The van der Waals surface area contributed by atoms with Crippen LogP contribution in [-0.2, 0) is 0 Å². The second-order valence-corrected chi connectivity index (χ2v) is 4.42. The quantitative estimate of drug-likeness (QED) is 0.805. The van der Waals surface area contributed by atoms with Crippen LogP contribution in [0.1, 0.15) is 31.2 Å². The van der Waals surface area contributed by atoms with Crippen molar-refractivity contribution < 1.29 is 4.74 Å². The largest absolute Gasteiger partial charge is 0.489 e. The summed E-state index contributed by atoms with van der Waals surface area (Å²) in [5, 5.41) is 0. The highest BCUT2D eigenvalue weighted by molar-refractivity contribution is 5.27. The molecule has 0 aromatic heterocycles. The van der Waals surface area contributed by atoms with Gasteiger partial charge in [-0.15, -0.1) is 0 Å². The molecule has 2 N–H and O–H groups in total. The molecule has 0 aliphatic heterocycles. The van der Waals surface area contributed by atoms with Crippen molar-refractivity contribution in [3.63, 3.8) is 0 Å². The van der Waals surface area contributed by atoms with Gasteiger partial charge in [0.15, 0.2) is 0 Å². The first-order valence-electron chi connectivity index (χ1n) is 5.74. The Kier molecular flexibility index (Phi) is 3.27. The fraction of sp³-hybridized carbons (Fsp3) is 0.538. The molecule has 82 valence electrons. The maximum atomic E-state index is 6.04. The summed E-state index contributed by atoms with van der Waals surface area (Å²) in [7, 11) is 0. The highest BCUT2D eigenvalue weighted by atomic mass is 16.5. The van der Waals surface area contributed by atoms with E-state index in [0.29, 0.717) is 0 Å². The minimum atomic E-state index is 0.208. The van der Waals surface area contributed by atoms with Crippen molar-refractivity contribution in [1.82, 2.24) is 0 Å². The smallest absolute Gasteiger partial charge is 0.120 e. The van der Waals surface area contributed by atoms with Crippen molar-refractivity contribution >= 4 is 0 Å². The lowest BCUT2D eigenvalue weighted by atomic mass is 9.93. The number of nitrogens with two attached hydrogens (primary N) is 1. The highest BCUT2D eigenvalue weighted by Gasteiger charge is 2.23. The van der Waals surface area contributed by atoms with Crippen LogP contribution >= 0.6 is 0 Å². The van der Waals surface area contributed by atoms with Crippen molar-refractivity contribution in [2.45, 2.75) is 44.8 Å². The number of rotatable bonds is 2. The van der Waals surface area contributed by atoms with Gasteiger partial charge < -0.3 is 10.5 Å². The molecule has 2 atom stereocenters. The predicted molar refractivity (Wildman–Crippen MR) is 62.0 cm³/mol. The second kappa shape index (κ2) is 4.67. The second-order valence-electron chi connectivity index (χ2n) is 4.42. The molecule has 0 amide bonds. The zero-order valence-electron chi connectivity index (χ0n) is 9.28. The molecule has 1 aliphatic rings. The van der Waals surface area contributed by atoms with Crippen LogP contribution in [0.3, 0.4) is 0 Å². The Labute approximate surface area is 91.4 Å². The number of benzene rings is 1. The van der Waals surface area contributed by atoms with Crippen molar-refractivity contribution in [3.8, 4) is 5.75 Å². The molecule has 15 heavy (non-hydrogen) atoms. The molecule has 2 heteroatoms. The summed E-state index contributed by atoms with van der Waals surface area (Å²) < 4.78 is 5.92. The number of hydrogen-bond acceptors (Lipinski definition) is 2. The summed E-state index contributed by atoms with van der Waals surface area (Å²) in [6, 6.07) is 8.39. The molecule has 2 nitrogen and oxygen atoms in total. The van der Waals surface area contributed by atoms with Gasteiger partial charge in [-0.25, -0.2) is 0 Å². The van der Waals surface area contributed by atoms with E-state index in [1.807, 2.05) is 12.1 Å². The summed E-state index contributed by atoms with van der Waals surface area (Å²) in [6.45, 7) is 2.08. The van der Waals surface area contributed by atoms with E-state index >= 15 is 0 Å². The van der Waals surface area contributed by atoms with Gasteiger partial charge in [-0.2, -0.15) is 0 Å². The van der Waals surface area contributed by atoms with Crippen LogP contribution in [0, 0.1) is 6.92 Å². The van der Waals surface area contributed by atoms with Gasteiger partial charge >= 0.3 is 0 Å². The molecule has 0 bridgehead atoms. The van der Waals surface area contributed by atoms with E-state index in [2.05, 4.69) is 19.1 Å². The van der Waals surface area contributed by atoms with E-state index in [1.54, 1.807) is 0 Å². The minimum Gasteiger partial charge on any atom is -0.489 e. The maximum absolute atomic E-state index is 6.04. The Morgan fingerprint density at radius 1 is 1.27 bits per heavy atom. The first-order chi connectivity index (χ1) is 7.25. The molecule has 0 radical (unpaired) electrons.